The number of nitrogens with zero attached hydrogens (tertiary/aromatic N) is 1. The van der Waals surface area contributed by atoms with Crippen LogP contribution in [-0.4, -0.2) is 30.1 Å². The van der Waals surface area contributed by atoms with Crippen molar-refractivity contribution in [2.75, 3.05) is 13.2 Å². The Morgan fingerprint density at radius 1 is 1.10 bits per heavy atom. The smallest absolute Gasteiger partial charge is 0.118 e. The molecule has 0 aromatic rings. The molecule has 0 bridgehead atoms. The summed E-state index contributed by atoms with van der Waals surface area (Å²) < 4.78 is 0. The van der Waals surface area contributed by atoms with Crippen molar-refractivity contribution in [1.82, 2.24) is 0 Å². The molecule has 0 amide bonds. The zero-order chi connectivity index (χ0) is 21.4. The van der Waals surface area contributed by atoms with E-state index in [1.807, 2.05) is 13.0 Å². The van der Waals surface area contributed by atoms with Gasteiger partial charge in [0.25, 0.3) is 0 Å². The number of oxime groups is 1. The van der Waals surface area contributed by atoms with Gasteiger partial charge >= 0.3 is 0 Å². The second-order valence-electron chi connectivity index (χ2n) is 11.6. The summed E-state index contributed by atoms with van der Waals surface area (Å²) in [4.78, 5) is 5.24. The molecule has 0 saturated heterocycles. The van der Waals surface area contributed by atoms with Crippen LogP contribution in [0, 0.1) is 34.5 Å². The van der Waals surface area contributed by atoms with E-state index in [9.17, 15) is 5.11 Å². The maximum Gasteiger partial charge on any atom is 0.118 e. The van der Waals surface area contributed by atoms with Crippen LogP contribution in [0.3, 0.4) is 0 Å². The number of rotatable bonds is 6. The van der Waals surface area contributed by atoms with Crippen LogP contribution >= 0.6 is 0 Å². The molecule has 4 aliphatic carbocycles. The fraction of sp³-hybridized carbons (Fsp3) is 0.885. The third-order valence-electron chi connectivity index (χ3n) is 9.81. The minimum absolute atomic E-state index is 0.417. The minimum Gasteiger partial charge on any atom is -0.396 e. The van der Waals surface area contributed by atoms with Crippen molar-refractivity contribution in [2.24, 2.45) is 45.4 Å². The summed E-state index contributed by atoms with van der Waals surface area (Å²) in [6, 6.07) is 0. The molecule has 30 heavy (non-hydrogen) atoms. The summed E-state index contributed by atoms with van der Waals surface area (Å²) in [6.07, 6.45) is 17.5. The SMILES string of the molecule is CC(C=NOCCCN)=C[C@]1(O)CC[C@@]2(C)[C@H](CC[C@H]3[C@@H]4CCC[C@@]4(C)CC[C@@H]32)C1. The molecule has 0 aromatic heterocycles. The zero-order valence-electron chi connectivity index (χ0n) is 19.5. The highest BCUT2D eigenvalue weighted by molar-refractivity contribution is 5.77. The van der Waals surface area contributed by atoms with E-state index >= 15 is 0 Å². The highest BCUT2D eigenvalue weighted by atomic mass is 16.6. The van der Waals surface area contributed by atoms with Gasteiger partial charge in [0.15, 0.2) is 0 Å². The fourth-order valence-corrected chi connectivity index (χ4v) is 8.18. The van der Waals surface area contributed by atoms with E-state index in [-0.39, 0.29) is 0 Å². The molecule has 170 valence electrons. The predicted molar refractivity (Wildman–Crippen MR) is 123 cm³/mol. The van der Waals surface area contributed by atoms with Gasteiger partial charge in [0.2, 0.25) is 0 Å². The highest BCUT2D eigenvalue weighted by Gasteiger charge is 2.59. The molecule has 0 spiro atoms. The Kier molecular flexibility index (Phi) is 6.38. The lowest BCUT2D eigenvalue weighted by Gasteiger charge is -2.61. The maximum atomic E-state index is 11.4. The van der Waals surface area contributed by atoms with Crippen LogP contribution in [0.15, 0.2) is 16.8 Å². The van der Waals surface area contributed by atoms with Crippen molar-refractivity contribution >= 4 is 6.21 Å². The molecule has 4 rings (SSSR count). The first-order valence-electron chi connectivity index (χ1n) is 12.6. The summed E-state index contributed by atoms with van der Waals surface area (Å²) in [7, 11) is 0. The number of nitrogens with two attached hydrogens (primary N) is 1. The Balaban J connectivity index is 1.42. The second kappa shape index (κ2) is 8.58. The van der Waals surface area contributed by atoms with Gasteiger partial charge in [0, 0.05) is 0 Å². The Morgan fingerprint density at radius 3 is 2.73 bits per heavy atom. The number of fused-ring (bicyclic) bond motifs is 5. The van der Waals surface area contributed by atoms with Gasteiger partial charge in [-0.05, 0) is 124 Å². The van der Waals surface area contributed by atoms with E-state index in [0.29, 0.717) is 29.9 Å². The van der Waals surface area contributed by atoms with Crippen LogP contribution in [0.4, 0.5) is 0 Å². The standard InChI is InChI=1S/C26H44N2O2/c1-19(18-28-30-15-5-14-27)16-26(29)13-12-25(3)20(17-26)7-8-21-22-6-4-10-24(22,2)11-9-23(21)25/h16,18,20-23,29H,4-15,17,27H2,1-3H3/t20-,21+,22+,23+,24+,25+,26-/m1/s1. The summed E-state index contributed by atoms with van der Waals surface area (Å²) in [5.74, 6) is 3.42. The van der Waals surface area contributed by atoms with E-state index in [1.165, 1.54) is 44.9 Å². The van der Waals surface area contributed by atoms with Crippen molar-refractivity contribution in [3.05, 3.63) is 11.6 Å². The van der Waals surface area contributed by atoms with Crippen LogP contribution < -0.4 is 5.73 Å². The van der Waals surface area contributed by atoms with Crippen molar-refractivity contribution in [1.29, 1.82) is 0 Å². The predicted octanol–water partition coefficient (Wildman–Crippen LogP) is 5.45. The normalized spacial score (nSPS) is 46.4. The molecule has 4 aliphatic rings. The quantitative estimate of drug-likeness (QED) is 0.344. The third-order valence-corrected chi connectivity index (χ3v) is 9.81. The monoisotopic (exact) mass is 416 g/mol. The molecule has 3 N–H and O–H groups in total. The van der Waals surface area contributed by atoms with Gasteiger partial charge in [-0.1, -0.05) is 25.4 Å². The van der Waals surface area contributed by atoms with E-state index < -0.39 is 5.60 Å². The molecule has 4 nitrogen and oxygen atoms in total. The van der Waals surface area contributed by atoms with Crippen LogP contribution in [-0.2, 0) is 4.84 Å². The molecule has 0 radical (unpaired) electrons. The minimum atomic E-state index is -0.694. The van der Waals surface area contributed by atoms with E-state index in [2.05, 4.69) is 19.0 Å². The topological polar surface area (TPSA) is 67.8 Å². The zero-order valence-corrected chi connectivity index (χ0v) is 19.5. The molecule has 4 saturated carbocycles. The second-order valence-corrected chi connectivity index (χ2v) is 11.6. The number of aliphatic hydroxyl groups is 1. The molecular weight excluding hydrogens is 372 g/mol. The molecule has 0 aliphatic heterocycles. The molecular formula is C26H44N2O2. The van der Waals surface area contributed by atoms with Crippen LogP contribution in [0.5, 0.6) is 0 Å². The van der Waals surface area contributed by atoms with E-state index in [1.54, 1.807) is 6.21 Å². The summed E-state index contributed by atoms with van der Waals surface area (Å²) in [5.41, 5.74) is 6.81. The highest BCUT2D eigenvalue weighted by Crippen LogP contribution is 2.66. The average molecular weight is 417 g/mol. The molecule has 0 heterocycles. The molecule has 4 heteroatoms. The van der Waals surface area contributed by atoms with Crippen molar-refractivity contribution < 1.29 is 9.94 Å². The molecule has 0 aromatic carbocycles. The Labute approximate surface area is 183 Å². The van der Waals surface area contributed by atoms with Gasteiger partial charge in [0.1, 0.15) is 6.61 Å². The fourth-order valence-electron chi connectivity index (χ4n) is 8.18. The van der Waals surface area contributed by atoms with Gasteiger partial charge in [-0.25, -0.2) is 0 Å². The first kappa shape index (κ1) is 22.3. The summed E-state index contributed by atoms with van der Waals surface area (Å²) >= 11 is 0. The van der Waals surface area contributed by atoms with Gasteiger partial charge in [-0.2, -0.15) is 0 Å². The van der Waals surface area contributed by atoms with Crippen LogP contribution in [0.2, 0.25) is 0 Å². The number of hydrogen-bond donors (Lipinski definition) is 2. The van der Waals surface area contributed by atoms with Crippen molar-refractivity contribution in [3.8, 4) is 0 Å². The van der Waals surface area contributed by atoms with E-state index in [0.717, 1.165) is 49.0 Å². The van der Waals surface area contributed by atoms with Gasteiger partial charge in [-0.3, -0.25) is 0 Å². The van der Waals surface area contributed by atoms with Crippen molar-refractivity contribution in [3.63, 3.8) is 0 Å². The van der Waals surface area contributed by atoms with E-state index in [4.69, 9.17) is 10.6 Å². The largest absolute Gasteiger partial charge is 0.396 e. The summed E-state index contributed by atoms with van der Waals surface area (Å²) in [5, 5.41) is 15.5. The number of hydrogen-bond acceptors (Lipinski definition) is 4. The Morgan fingerprint density at radius 2 is 1.93 bits per heavy atom. The van der Waals surface area contributed by atoms with Gasteiger partial charge in [0.05, 0.1) is 11.8 Å². The third kappa shape index (κ3) is 4.11. The lowest BCUT2D eigenvalue weighted by molar-refractivity contribution is -0.135. The molecule has 7 atom stereocenters. The van der Waals surface area contributed by atoms with Crippen LogP contribution in [0.1, 0.15) is 91.4 Å². The lowest BCUT2D eigenvalue weighted by Crippen LogP contribution is -2.55. The maximum absolute atomic E-state index is 11.4. The molecule has 4 fully saturated rings. The van der Waals surface area contributed by atoms with Crippen LogP contribution in [0.25, 0.3) is 0 Å². The van der Waals surface area contributed by atoms with Gasteiger partial charge < -0.3 is 15.7 Å². The Bertz CT molecular complexity index is 676. The first-order valence-corrected chi connectivity index (χ1v) is 12.6. The van der Waals surface area contributed by atoms with Crippen molar-refractivity contribution in [2.45, 2.75) is 97.0 Å². The Hall–Kier alpha value is -0.870. The lowest BCUT2D eigenvalue weighted by atomic mass is 9.44. The molecule has 0 unspecified atom stereocenters. The van der Waals surface area contributed by atoms with Gasteiger partial charge in [-0.15, -0.1) is 0 Å². The average Bonchev–Trinajstić information content (AvgIpc) is 3.10. The number of allylic oxidation sites excluding steroid dienone is 1. The summed E-state index contributed by atoms with van der Waals surface area (Å²) in [6.45, 7) is 8.35. The first-order chi connectivity index (χ1) is 14.3.